The summed E-state index contributed by atoms with van der Waals surface area (Å²) in [5.41, 5.74) is 5.34. The number of ether oxygens (including phenoxy) is 1. The fourth-order valence-corrected chi connectivity index (χ4v) is 4.53. The van der Waals surface area contributed by atoms with Gasteiger partial charge in [0, 0.05) is 12.1 Å². The molecular weight excluding hydrogens is 363 g/mol. The summed E-state index contributed by atoms with van der Waals surface area (Å²) in [5.74, 6) is -0.894. The maximum absolute atomic E-state index is 12.6. The summed E-state index contributed by atoms with van der Waals surface area (Å²) in [6, 6.07) is 1.91. The number of rotatable bonds is 5. The Bertz CT molecular complexity index is 749. The highest BCUT2D eigenvalue weighted by Gasteiger charge is 2.32. The van der Waals surface area contributed by atoms with Gasteiger partial charge in [0.1, 0.15) is 10.6 Å². The number of allylic oxidation sites excluding steroid dienone is 1. The fraction of sp³-hybridized carbons (Fsp3) is 0.357. The molecule has 126 valence electrons. The lowest BCUT2D eigenvalue weighted by Crippen LogP contribution is -2.46. The van der Waals surface area contributed by atoms with Gasteiger partial charge in [-0.05, 0) is 18.9 Å². The third-order valence-electron chi connectivity index (χ3n) is 3.60. The number of amides is 1. The van der Waals surface area contributed by atoms with Crippen LogP contribution >= 0.6 is 23.2 Å². The smallest absolute Gasteiger partial charge is 0.242 e. The average molecular weight is 379 g/mol. The van der Waals surface area contributed by atoms with Gasteiger partial charge in [-0.25, -0.2) is 13.1 Å². The van der Waals surface area contributed by atoms with Crippen molar-refractivity contribution in [3.63, 3.8) is 0 Å². The third-order valence-corrected chi connectivity index (χ3v) is 5.85. The van der Waals surface area contributed by atoms with Gasteiger partial charge < -0.3 is 10.5 Å². The van der Waals surface area contributed by atoms with Gasteiger partial charge in [-0.2, -0.15) is 0 Å². The number of halogens is 2. The molecule has 0 saturated heterocycles. The second-order valence-corrected chi connectivity index (χ2v) is 7.59. The van der Waals surface area contributed by atoms with Crippen LogP contribution in [0, 0.1) is 5.92 Å². The lowest BCUT2D eigenvalue weighted by atomic mass is 9.89. The summed E-state index contributed by atoms with van der Waals surface area (Å²) in [4.78, 5) is 11.3. The summed E-state index contributed by atoms with van der Waals surface area (Å²) in [6.45, 7) is 0. The lowest BCUT2D eigenvalue weighted by molar-refractivity contribution is -0.122. The van der Waals surface area contributed by atoms with E-state index in [0.717, 1.165) is 0 Å². The standard InChI is InChI=1S/C14H16Cl2N2O4S/c1-22-12-6-10(16)13(7-9(12)15)23(20,21)18-11-5-3-2-4-8(11)14(17)19/h2-3,6-8,11,18H,4-5H2,1H3,(H2,17,19). The van der Waals surface area contributed by atoms with Gasteiger partial charge in [0.05, 0.1) is 23.1 Å². The van der Waals surface area contributed by atoms with E-state index in [1.165, 1.54) is 19.2 Å². The van der Waals surface area contributed by atoms with Crippen LogP contribution in [0.4, 0.5) is 0 Å². The van der Waals surface area contributed by atoms with Crippen molar-refractivity contribution in [1.82, 2.24) is 4.72 Å². The molecule has 6 nitrogen and oxygen atoms in total. The monoisotopic (exact) mass is 378 g/mol. The van der Waals surface area contributed by atoms with Crippen LogP contribution in [0.5, 0.6) is 5.75 Å². The molecule has 2 atom stereocenters. The first-order valence-electron chi connectivity index (χ1n) is 6.76. The minimum atomic E-state index is -3.97. The van der Waals surface area contributed by atoms with Gasteiger partial charge >= 0.3 is 0 Å². The largest absolute Gasteiger partial charge is 0.495 e. The number of hydrogen-bond donors (Lipinski definition) is 2. The van der Waals surface area contributed by atoms with Gasteiger partial charge in [-0.3, -0.25) is 4.79 Å². The molecule has 23 heavy (non-hydrogen) atoms. The van der Waals surface area contributed by atoms with Crippen molar-refractivity contribution in [2.75, 3.05) is 7.11 Å². The van der Waals surface area contributed by atoms with Gasteiger partial charge in [0.2, 0.25) is 15.9 Å². The molecule has 1 aliphatic carbocycles. The number of sulfonamides is 1. The maximum atomic E-state index is 12.6. The maximum Gasteiger partial charge on any atom is 0.242 e. The number of nitrogens with one attached hydrogen (secondary N) is 1. The number of primary amides is 1. The topological polar surface area (TPSA) is 98.5 Å². The minimum Gasteiger partial charge on any atom is -0.495 e. The summed E-state index contributed by atoms with van der Waals surface area (Å²) in [7, 11) is -2.57. The molecule has 1 amide bonds. The average Bonchev–Trinajstić information content (AvgIpc) is 2.48. The van der Waals surface area contributed by atoms with Crippen molar-refractivity contribution in [2.24, 2.45) is 11.7 Å². The van der Waals surface area contributed by atoms with Crippen LogP contribution in [0.25, 0.3) is 0 Å². The minimum absolute atomic E-state index is 0.0271. The van der Waals surface area contributed by atoms with E-state index >= 15 is 0 Å². The summed E-state index contributed by atoms with van der Waals surface area (Å²) in [5, 5.41) is 0.0907. The predicted octanol–water partition coefficient (Wildman–Crippen LogP) is 2.10. The first kappa shape index (κ1) is 18.1. The zero-order chi connectivity index (χ0) is 17.2. The number of nitrogens with two attached hydrogens (primary N) is 1. The molecule has 0 bridgehead atoms. The number of benzene rings is 1. The van der Waals surface area contributed by atoms with E-state index in [2.05, 4.69) is 4.72 Å². The van der Waals surface area contributed by atoms with E-state index in [1.54, 1.807) is 12.2 Å². The Balaban J connectivity index is 2.34. The molecule has 0 heterocycles. The normalized spacial score (nSPS) is 21.2. The molecule has 1 aromatic carbocycles. The zero-order valence-corrected chi connectivity index (χ0v) is 14.6. The van der Waals surface area contributed by atoms with Gasteiger partial charge in [-0.15, -0.1) is 0 Å². The molecule has 2 unspecified atom stereocenters. The van der Waals surface area contributed by atoms with Crippen LogP contribution in [0.2, 0.25) is 10.0 Å². The first-order valence-corrected chi connectivity index (χ1v) is 9.00. The highest BCUT2D eigenvalue weighted by Crippen LogP contribution is 2.34. The Morgan fingerprint density at radius 2 is 1.91 bits per heavy atom. The van der Waals surface area contributed by atoms with E-state index in [0.29, 0.717) is 12.8 Å². The summed E-state index contributed by atoms with van der Waals surface area (Å²) < 4.78 is 32.6. The Morgan fingerprint density at radius 1 is 1.26 bits per heavy atom. The van der Waals surface area contributed by atoms with Crippen molar-refractivity contribution < 1.29 is 17.9 Å². The van der Waals surface area contributed by atoms with Crippen LogP contribution < -0.4 is 15.2 Å². The second kappa shape index (κ2) is 7.09. The van der Waals surface area contributed by atoms with Gasteiger partial charge in [0.15, 0.2) is 0 Å². The molecule has 1 aliphatic rings. The van der Waals surface area contributed by atoms with E-state index in [9.17, 15) is 13.2 Å². The Labute approximate surface area is 144 Å². The van der Waals surface area contributed by atoms with Gasteiger partial charge in [0.25, 0.3) is 0 Å². The molecule has 0 saturated carbocycles. The number of carbonyl (C=O) groups excluding carboxylic acids is 1. The number of methoxy groups -OCH3 is 1. The van der Waals surface area contributed by atoms with Crippen molar-refractivity contribution in [1.29, 1.82) is 0 Å². The molecule has 9 heteroatoms. The van der Waals surface area contributed by atoms with Crippen LogP contribution in [0.15, 0.2) is 29.2 Å². The number of hydrogen-bond acceptors (Lipinski definition) is 4. The molecule has 0 fully saturated rings. The zero-order valence-electron chi connectivity index (χ0n) is 12.3. The Hall–Kier alpha value is -1.28. The molecule has 1 aromatic rings. The summed E-state index contributed by atoms with van der Waals surface area (Å²) >= 11 is 12.0. The SMILES string of the molecule is COc1cc(Cl)c(S(=O)(=O)NC2CC=CCC2C(N)=O)cc1Cl. The van der Waals surface area contributed by atoms with Crippen LogP contribution in [-0.2, 0) is 14.8 Å². The molecule has 0 aliphatic heterocycles. The van der Waals surface area contributed by atoms with Crippen LogP contribution in [-0.4, -0.2) is 27.5 Å². The van der Waals surface area contributed by atoms with E-state index < -0.39 is 27.9 Å². The third kappa shape index (κ3) is 3.98. The quantitative estimate of drug-likeness (QED) is 0.766. The predicted molar refractivity (Wildman–Crippen MR) is 88.2 cm³/mol. The Kier molecular flexibility index (Phi) is 5.57. The van der Waals surface area contributed by atoms with Crippen LogP contribution in [0.3, 0.4) is 0 Å². The second-order valence-electron chi connectivity index (χ2n) is 5.10. The van der Waals surface area contributed by atoms with Gasteiger partial charge in [-0.1, -0.05) is 35.4 Å². The van der Waals surface area contributed by atoms with Crippen molar-refractivity contribution >= 4 is 39.1 Å². The molecule has 3 N–H and O–H groups in total. The Morgan fingerprint density at radius 3 is 2.52 bits per heavy atom. The van der Waals surface area contributed by atoms with E-state index in [1.807, 2.05) is 0 Å². The molecule has 0 aromatic heterocycles. The van der Waals surface area contributed by atoms with Crippen molar-refractivity contribution in [3.05, 3.63) is 34.3 Å². The fourth-order valence-electron chi connectivity index (χ4n) is 2.39. The highest BCUT2D eigenvalue weighted by atomic mass is 35.5. The highest BCUT2D eigenvalue weighted by molar-refractivity contribution is 7.89. The molecular formula is C14H16Cl2N2O4S. The molecule has 2 rings (SSSR count). The summed E-state index contributed by atoms with van der Waals surface area (Å²) in [6.07, 6.45) is 4.36. The molecule has 0 radical (unpaired) electrons. The van der Waals surface area contributed by atoms with Crippen molar-refractivity contribution in [3.8, 4) is 5.75 Å². The number of carbonyl (C=O) groups is 1. The van der Waals surface area contributed by atoms with E-state index in [-0.39, 0.29) is 20.7 Å². The van der Waals surface area contributed by atoms with E-state index in [4.69, 9.17) is 33.7 Å². The lowest BCUT2D eigenvalue weighted by Gasteiger charge is -2.26. The first-order chi connectivity index (χ1) is 10.8. The molecule has 0 spiro atoms. The van der Waals surface area contributed by atoms with Crippen molar-refractivity contribution in [2.45, 2.75) is 23.8 Å². The van der Waals surface area contributed by atoms with Crippen LogP contribution in [0.1, 0.15) is 12.8 Å².